The molecule has 2 fully saturated rings. The number of ether oxygens (including phenoxy) is 6. The molecule has 33 nitrogen and oxygen atoms in total. The van der Waals surface area contributed by atoms with Crippen LogP contribution in [-0.4, -0.2) is 196 Å². The van der Waals surface area contributed by atoms with E-state index in [2.05, 4.69) is 37.2 Å². The Morgan fingerprint density at radius 3 is 1.89 bits per heavy atom. The van der Waals surface area contributed by atoms with Gasteiger partial charge in [-0.3, -0.25) is 33.6 Å². The number of phenolic OH excluding ortho intramolecular Hbond substituents is 3. The van der Waals surface area contributed by atoms with E-state index in [9.17, 15) is 80.1 Å². The molecule has 35 heteroatoms. The molecule has 20 N–H and O–H groups in total. The fourth-order valence-corrected chi connectivity index (χ4v) is 12.9. The zero-order valence-electron chi connectivity index (χ0n) is 54.2. The molecule has 101 heavy (non-hydrogen) atoms. The normalized spacial score (nSPS) is 29.4. The third-order valence-corrected chi connectivity index (χ3v) is 18.3. The van der Waals surface area contributed by atoms with Gasteiger partial charge >= 0.3 is 11.9 Å². The molecule has 18 atom stereocenters. The molecule has 5 aromatic rings. The van der Waals surface area contributed by atoms with Crippen molar-refractivity contribution in [2.24, 2.45) is 11.7 Å². The molecule has 0 radical (unpaired) electrons. The molecule has 10 unspecified atom stereocenters. The Hall–Kier alpha value is -9.20. The highest BCUT2D eigenvalue weighted by molar-refractivity contribution is 6.32. The minimum atomic E-state index is -2.39. The molecule has 7 heterocycles. The summed E-state index contributed by atoms with van der Waals surface area (Å²) < 4.78 is 38.2. The first kappa shape index (κ1) is 74.5. The smallest absolute Gasteiger partial charge is 0.330 e. The molecule has 5 aromatic carbocycles. The van der Waals surface area contributed by atoms with Crippen molar-refractivity contribution < 1.29 is 123 Å². The number of aliphatic hydroxyl groups excluding tert-OH is 6. The Balaban J connectivity index is 1.24. The van der Waals surface area contributed by atoms with Crippen LogP contribution >= 0.6 is 23.2 Å². The summed E-state index contributed by atoms with van der Waals surface area (Å²) in [5.74, 6) is -16.8. The van der Waals surface area contributed by atoms with Gasteiger partial charge in [-0.2, -0.15) is 0 Å². The zero-order chi connectivity index (χ0) is 73.5. The molecule has 11 bridgehead atoms. The van der Waals surface area contributed by atoms with Crippen molar-refractivity contribution in [3.63, 3.8) is 0 Å². The van der Waals surface area contributed by atoms with Gasteiger partial charge in [-0.15, -0.1) is 0 Å². The second kappa shape index (κ2) is 30.2. The summed E-state index contributed by atoms with van der Waals surface area (Å²) in [5.41, 5.74) is 2.14. The highest BCUT2D eigenvalue weighted by Gasteiger charge is 2.51. The van der Waals surface area contributed by atoms with Crippen molar-refractivity contribution in [2.75, 3.05) is 13.7 Å². The first-order valence-electron chi connectivity index (χ1n) is 31.6. The van der Waals surface area contributed by atoms with E-state index in [0.717, 1.165) is 66.7 Å². The van der Waals surface area contributed by atoms with Crippen molar-refractivity contribution >= 4 is 70.6 Å². The van der Waals surface area contributed by atoms with Gasteiger partial charge in [0.15, 0.2) is 29.9 Å². The van der Waals surface area contributed by atoms with Crippen LogP contribution in [0.5, 0.6) is 46.0 Å². The van der Waals surface area contributed by atoms with Crippen LogP contribution in [0.2, 0.25) is 10.0 Å². The standard InChI is InChI=1S/C66H74Cl2N8O25/c1-23(2)12-34(70-5)58(88)75-49-51(83)26-7-10-38(32(67)14-26)97-40-16-28-17-41(55(40)101-65-56(54(86)53(85)42(22-77)99-65)100-44-21-66(4,69)57(87)24(3)96-44)98-39-11-8-27(15-33(39)68)52(84)50-63(93)74-48(64(94)95)31-18-29(78)19-37(80)45(31)30-13-25(6-9-36(30)79)46(60(90)76-50)73-61(91)47(28)72-59(89)35(20-43(81)82)71-62(49)92/h6-11,13-19,23-24,34-35,42,44,46-54,56-57,65,70,77-80,83-87H,12,20-22,69H2,1-5H3,(H,71,92)(H,72,89)(H,73,91)(H,74,93)(H,75,88)(H,76,90)(H,81,82)(H,94,95)/t24?,34-,35+,42?,44?,46-,47-,48-,49?,50+,51-,52-,53?,54?,56?,57?,65?,66?/m1/s1. The summed E-state index contributed by atoms with van der Waals surface area (Å²) in [5, 5.41) is 141. The van der Waals surface area contributed by atoms with Gasteiger partial charge in [0.25, 0.3) is 0 Å². The first-order chi connectivity index (χ1) is 47.7. The lowest BCUT2D eigenvalue weighted by molar-refractivity contribution is -0.333. The van der Waals surface area contributed by atoms with Crippen LogP contribution in [0.3, 0.4) is 0 Å². The molecule has 0 aliphatic carbocycles. The number of fused-ring (bicyclic) bond motifs is 15. The first-order valence-corrected chi connectivity index (χ1v) is 32.3. The monoisotopic (exact) mass is 1450 g/mol. The molecule has 2 saturated heterocycles. The van der Waals surface area contributed by atoms with E-state index in [-0.39, 0.29) is 46.2 Å². The molecule has 12 rings (SSSR count). The number of aliphatic carboxylic acids is 2. The minimum Gasteiger partial charge on any atom is -0.508 e. The highest BCUT2D eigenvalue weighted by Crippen LogP contribution is 2.50. The van der Waals surface area contributed by atoms with Gasteiger partial charge in [0.2, 0.25) is 47.5 Å². The number of nitrogens with one attached hydrogen (secondary N) is 7. The summed E-state index contributed by atoms with van der Waals surface area (Å²) in [7, 11) is 1.46. The van der Waals surface area contributed by atoms with Crippen LogP contribution in [0.25, 0.3) is 11.1 Å². The van der Waals surface area contributed by atoms with Crippen LogP contribution in [0.15, 0.2) is 78.9 Å². The van der Waals surface area contributed by atoms with Gasteiger partial charge in [-0.05, 0) is 110 Å². The maximum Gasteiger partial charge on any atom is 0.330 e. The summed E-state index contributed by atoms with van der Waals surface area (Å²) in [6.07, 6.45) is -18.9. The van der Waals surface area contributed by atoms with Gasteiger partial charge < -0.3 is 128 Å². The van der Waals surface area contributed by atoms with E-state index >= 15 is 14.4 Å². The summed E-state index contributed by atoms with van der Waals surface area (Å²) in [6.45, 7) is 5.62. The average Bonchev–Trinajstić information content (AvgIpc) is 0.775. The lowest BCUT2D eigenvalue weighted by Gasteiger charge is -2.47. The lowest BCUT2D eigenvalue weighted by Crippen LogP contribution is -2.64. The summed E-state index contributed by atoms with van der Waals surface area (Å²) >= 11 is 14.1. The Bertz CT molecular complexity index is 4070. The van der Waals surface area contributed by atoms with Crippen molar-refractivity contribution in [1.29, 1.82) is 0 Å². The number of aromatic hydroxyl groups is 3. The molecule has 0 aromatic heterocycles. The molecule has 0 saturated carbocycles. The predicted molar refractivity (Wildman–Crippen MR) is 348 cm³/mol. The molecule has 7 aliphatic heterocycles. The van der Waals surface area contributed by atoms with E-state index in [0.29, 0.717) is 0 Å². The predicted octanol–water partition coefficient (Wildman–Crippen LogP) is 0.706. The minimum absolute atomic E-state index is 0.111. The van der Waals surface area contributed by atoms with Crippen LogP contribution in [-0.2, 0) is 52.6 Å². The Morgan fingerprint density at radius 1 is 0.703 bits per heavy atom. The number of carboxylic acid groups (broad SMARTS) is 2. The fraction of sp³-hybridized carbons (Fsp3) is 0.424. The highest BCUT2D eigenvalue weighted by atomic mass is 35.5. The number of carbonyl (C=O) groups is 8. The maximum absolute atomic E-state index is 16.0. The lowest BCUT2D eigenvalue weighted by atomic mass is 9.86. The summed E-state index contributed by atoms with van der Waals surface area (Å²) in [4.78, 5) is 116. The topological polar surface area (TPSA) is 525 Å². The number of likely N-dealkylation sites (N-methyl/N-ethyl adjacent to an activating group) is 1. The van der Waals surface area contributed by atoms with Crippen molar-refractivity contribution in [3.05, 3.63) is 117 Å². The molecule has 542 valence electrons. The van der Waals surface area contributed by atoms with Crippen LogP contribution in [0, 0.1) is 5.92 Å². The van der Waals surface area contributed by atoms with Gasteiger partial charge in [-0.1, -0.05) is 55.2 Å². The Labute approximate surface area is 583 Å². The van der Waals surface area contributed by atoms with Crippen LogP contribution in [0.1, 0.15) is 105 Å². The van der Waals surface area contributed by atoms with E-state index in [1.807, 2.05) is 0 Å². The molecular weight excluding hydrogens is 1380 g/mol. The number of carboxylic acids is 2. The summed E-state index contributed by atoms with van der Waals surface area (Å²) in [6, 6.07) is -1.14. The van der Waals surface area contributed by atoms with E-state index < -0.39 is 237 Å². The number of benzene rings is 5. The Morgan fingerprint density at radius 2 is 1.31 bits per heavy atom. The van der Waals surface area contributed by atoms with E-state index in [4.69, 9.17) is 57.4 Å². The van der Waals surface area contributed by atoms with Gasteiger partial charge in [0.05, 0.1) is 41.3 Å². The van der Waals surface area contributed by atoms with Crippen molar-refractivity contribution in [1.82, 2.24) is 37.2 Å². The van der Waals surface area contributed by atoms with Gasteiger partial charge in [-0.25, -0.2) is 4.79 Å². The molecular formula is C66H74Cl2N8O25. The molecule has 7 aliphatic rings. The fourth-order valence-electron chi connectivity index (χ4n) is 12.5. The van der Waals surface area contributed by atoms with E-state index in [1.165, 1.54) is 33.0 Å². The largest absolute Gasteiger partial charge is 0.508 e. The Kier molecular flexibility index (Phi) is 22.2. The van der Waals surface area contributed by atoms with Crippen LogP contribution in [0.4, 0.5) is 0 Å². The SMILES string of the molecule is CN[C@H](CC(C)C)C(=O)NC1C(=O)N[C@@H](CC(=O)O)C(=O)N[C@H]2C(=O)N[C@H]3C(=O)N[C@H](C(=O)N[C@@H](C(=O)O)c4cc(O)cc(O)c4-c4cc3ccc4O)[C@H](O)c3ccc(c(Cl)c3)Oc3cc2cc(c3OC2OC(CO)C(O)C(O)C2OC2CC(C)(N)C(O)C(C)O2)Oc2ccc(cc2Cl)[C@H]1O. The van der Waals surface area contributed by atoms with Gasteiger partial charge in [0, 0.05) is 34.7 Å². The second-order valence-electron chi connectivity index (χ2n) is 25.6. The number of hydrogen-bond acceptors (Lipinski definition) is 25. The quantitative estimate of drug-likeness (QED) is 0.0771. The average molecular weight is 1450 g/mol. The second-order valence-corrected chi connectivity index (χ2v) is 26.5. The third kappa shape index (κ3) is 15.8. The number of nitrogens with two attached hydrogens (primary N) is 1. The van der Waals surface area contributed by atoms with Crippen molar-refractivity contribution in [2.45, 2.75) is 156 Å². The maximum atomic E-state index is 16.0. The number of amides is 6. The third-order valence-electron chi connectivity index (χ3n) is 17.7. The van der Waals surface area contributed by atoms with E-state index in [1.54, 1.807) is 13.8 Å². The van der Waals surface area contributed by atoms with Crippen molar-refractivity contribution in [3.8, 4) is 57.1 Å². The molecule has 0 spiro atoms. The van der Waals surface area contributed by atoms with Gasteiger partial charge in [0.1, 0.15) is 89.5 Å². The molecule has 6 amide bonds. The number of aliphatic hydroxyl groups is 6. The number of halogens is 2. The number of rotatable bonds is 13. The van der Waals surface area contributed by atoms with Crippen LogP contribution < -0.4 is 57.2 Å². The number of carbonyl (C=O) groups excluding carboxylic acids is 6. The zero-order valence-corrected chi connectivity index (χ0v) is 55.7. The number of phenols is 3. The number of hydrogen-bond donors (Lipinski definition) is 19.